The summed E-state index contributed by atoms with van der Waals surface area (Å²) in [6.45, 7) is -0.112. The molecule has 180 valence electrons. The molecule has 6 nitrogen and oxygen atoms in total. The van der Waals surface area contributed by atoms with E-state index in [2.05, 4.69) is 16.0 Å². The van der Waals surface area contributed by atoms with Crippen LogP contribution < -0.4 is 5.73 Å². The minimum Gasteiger partial charge on any atom is -0.398 e. The first kappa shape index (κ1) is 24.8. The van der Waals surface area contributed by atoms with Crippen molar-refractivity contribution in [3.8, 4) is 17.2 Å². The van der Waals surface area contributed by atoms with E-state index in [1.165, 1.54) is 17.2 Å². The van der Waals surface area contributed by atoms with Gasteiger partial charge in [-0.05, 0) is 60.6 Å². The number of fused-ring (bicyclic) bond motifs is 1. The van der Waals surface area contributed by atoms with Gasteiger partial charge in [0, 0.05) is 48.2 Å². The number of carbonyl (C=O) groups is 1. The zero-order chi connectivity index (χ0) is 26.4. The van der Waals surface area contributed by atoms with E-state index >= 15 is 4.39 Å². The van der Waals surface area contributed by atoms with E-state index in [9.17, 15) is 10.1 Å². The summed E-state index contributed by atoms with van der Waals surface area (Å²) in [6.07, 6.45) is 6.49. The molecule has 0 spiro atoms. The maximum Gasteiger partial charge on any atom is 0.255 e. The standard InChI is InChI=1S/C28H24B2FN5O/c1-34-14-22-20(7-6-17(24(22)33)8-9-27(16-32)10-11-27)18-4-5-19(23(31)13-18)15-36-26(37)21-3-2-12-35-25(21)28(36,29)30/h2-7,12-14H,8-11,15,33H2,1H3. The molecule has 5 rings (SSSR count). The van der Waals surface area contributed by atoms with Crippen molar-refractivity contribution in [3.05, 3.63) is 82.4 Å². The van der Waals surface area contributed by atoms with Gasteiger partial charge in [0.25, 0.3) is 5.91 Å². The molecule has 4 radical (unpaired) electrons. The summed E-state index contributed by atoms with van der Waals surface area (Å²) in [6, 6.07) is 14.3. The zero-order valence-corrected chi connectivity index (χ0v) is 20.5. The number of nitrogen functional groups attached to an aromatic ring is 1. The van der Waals surface area contributed by atoms with Gasteiger partial charge in [-0.1, -0.05) is 24.3 Å². The average molecular weight is 487 g/mol. The van der Waals surface area contributed by atoms with Gasteiger partial charge in [0.05, 0.1) is 38.4 Å². The van der Waals surface area contributed by atoms with E-state index in [0.29, 0.717) is 28.8 Å². The third-order valence-corrected chi connectivity index (χ3v) is 7.40. The van der Waals surface area contributed by atoms with Crippen molar-refractivity contribution in [3.63, 3.8) is 0 Å². The van der Waals surface area contributed by atoms with Crippen LogP contribution in [0.3, 0.4) is 0 Å². The van der Waals surface area contributed by atoms with Crippen LogP contribution in [0.4, 0.5) is 10.1 Å². The largest absolute Gasteiger partial charge is 0.398 e. The van der Waals surface area contributed by atoms with Crippen molar-refractivity contribution in [2.24, 2.45) is 10.4 Å². The van der Waals surface area contributed by atoms with Crippen LogP contribution in [-0.2, 0) is 18.3 Å². The summed E-state index contributed by atoms with van der Waals surface area (Å²) < 4.78 is 15.4. The van der Waals surface area contributed by atoms with E-state index < -0.39 is 17.1 Å². The third-order valence-electron chi connectivity index (χ3n) is 7.40. The van der Waals surface area contributed by atoms with Crippen LogP contribution in [0.1, 0.15) is 52.0 Å². The molecule has 1 aliphatic carbocycles. The van der Waals surface area contributed by atoms with Crippen molar-refractivity contribution < 1.29 is 9.18 Å². The van der Waals surface area contributed by atoms with E-state index in [1.54, 1.807) is 37.5 Å². The molecule has 1 aromatic heterocycles. The zero-order valence-electron chi connectivity index (χ0n) is 20.5. The number of nitrogens with two attached hydrogens (primary N) is 1. The number of anilines is 1. The molecule has 1 amide bonds. The molecule has 3 aromatic rings. The Morgan fingerprint density at radius 2 is 1.97 bits per heavy atom. The van der Waals surface area contributed by atoms with Gasteiger partial charge < -0.3 is 10.6 Å². The smallest absolute Gasteiger partial charge is 0.255 e. The molecular weight excluding hydrogens is 463 g/mol. The minimum absolute atomic E-state index is 0.112. The molecule has 0 unspecified atom stereocenters. The van der Waals surface area contributed by atoms with E-state index in [0.717, 1.165) is 30.4 Å². The Bertz CT molecular complexity index is 1480. The molecule has 37 heavy (non-hydrogen) atoms. The summed E-state index contributed by atoms with van der Waals surface area (Å²) in [5.74, 6) is -0.900. The quantitative estimate of drug-likeness (QED) is 0.311. The first-order valence-corrected chi connectivity index (χ1v) is 12.1. The van der Waals surface area contributed by atoms with Gasteiger partial charge >= 0.3 is 0 Å². The number of aromatic nitrogens is 1. The normalized spacial score (nSPS) is 17.1. The van der Waals surface area contributed by atoms with E-state index in [1.807, 2.05) is 12.1 Å². The topological polar surface area (TPSA) is 95.4 Å². The Morgan fingerprint density at radius 1 is 1.22 bits per heavy atom. The van der Waals surface area contributed by atoms with E-state index in [-0.39, 0.29) is 23.2 Å². The molecule has 2 aromatic carbocycles. The number of benzene rings is 2. The van der Waals surface area contributed by atoms with Gasteiger partial charge in [0.15, 0.2) is 0 Å². The Labute approximate surface area is 218 Å². The van der Waals surface area contributed by atoms with Crippen LogP contribution in [0.5, 0.6) is 0 Å². The maximum atomic E-state index is 15.4. The predicted molar refractivity (Wildman–Crippen MR) is 143 cm³/mol. The molecule has 0 bridgehead atoms. The second-order valence-corrected chi connectivity index (χ2v) is 9.80. The molecule has 9 heteroatoms. The number of nitrogens with zero attached hydrogens (tertiary/aromatic N) is 4. The van der Waals surface area contributed by atoms with Crippen molar-refractivity contribution in [1.29, 1.82) is 5.26 Å². The maximum absolute atomic E-state index is 15.4. The van der Waals surface area contributed by atoms with Gasteiger partial charge in [-0.15, -0.1) is 0 Å². The van der Waals surface area contributed by atoms with Crippen LogP contribution in [0.2, 0.25) is 0 Å². The van der Waals surface area contributed by atoms with Crippen molar-refractivity contribution in [2.75, 3.05) is 12.8 Å². The number of aryl methyl sites for hydroxylation is 1. The van der Waals surface area contributed by atoms with Crippen molar-refractivity contribution >= 4 is 33.5 Å². The Kier molecular flexibility index (Phi) is 6.15. The molecule has 2 aliphatic rings. The number of hydrogen-bond acceptors (Lipinski definition) is 5. The second-order valence-electron chi connectivity index (χ2n) is 9.80. The summed E-state index contributed by atoms with van der Waals surface area (Å²) in [5, 5.41) is 7.75. The number of hydrogen-bond donors (Lipinski definition) is 1. The van der Waals surface area contributed by atoms with Crippen molar-refractivity contribution in [2.45, 2.75) is 37.6 Å². The van der Waals surface area contributed by atoms with Crippen LogP contribution in [0.25, 0.3) is 11.1 Å². The monoisotopic (exact) mass is 487 g/mol. The highest BCUT2D eigenvalue weighted by atomic mass is 19.1. The Morgan fingerprint density at radius 3 is 2.62 bits per heavy atom. The van der Waals surface area contributed by atoms with Crippen molar-refractivity contribution in [1.82, 2.24) is 9.88 Å². The minimum atomic E-state index is -1.64. The lowest BCUT2D eigenvalue weighted by Crippen LogP contribution is -2.44. The molecule has 0 atom stereocenters. The van der Waals surface area contributed by atoms with Gasteiger partial charge in [-0.2, -0.15) is 5.26 Å². The number of pyridine rings is 1. The number of nitriles is 1. The molecule has 1 saturated carbocycles. The van der Waals surface area contributed by atoms with Crippen LogP contribution >= 0.6 is 0 Å². The third kappa shape index (κ3) is 4.31. The molecule has 1 fully saturated rings. The Balaban J connectivity index is 1.42. The summed E-state index contributed by atoms with van der Waals surface area (Å²) >= 11 is 0. The summed E-state index contributed by atoms with van der Waals surface area (Å²) in [7, 11) is 14.1. The predicted octanol–water partition coefficient (Wildman–Crippen LogP) is 3.86. The number of aliphatic imine (C=N–C) groups is 1. The fourth-order valence-corrected chi connectivity index (χ4v) is 4.92. The molecule has 2 heterocycles. The lowest BCUT2D eigenvalue weighted by atomic mass is 9.59. The van der Waals surface area contributed by atoms with Crippen LogP contribution in [0.15, 0.2) is 53.7 Å². The van der Waals surface area contributed by atoms with Crippen LogP contribution in [0, 0.1) is 22.6 Å². The highest BCUT2D eigenvalue weighted by Gasteiger charge is 2.43. The SMILES string of the molecule is [B]C1([B])c2ncccc2C(=O)N1Cc1ccc(-c2ccc(CCC3(C#N)CC3)c(N)c2C=NC)cc1F. The van der Waals surface area contributed by atoms with Gasteiger partial charge in [-0.3, -0.25) is 14.8 Å². The number of halogens is 1. The van der Waals surface area contributed by atoms with Gasteiger partial charge in [-0.25, -0.2) is 4.39 Å². The van der Waals surface area contributed by atoms with Gasteiger partial charge in [0.2, 0.25) is 0 Å². The van der Waals surface area contributed by atoms with Crippen LogP contribution in [-0.4, -0.2) is 44.7 Å². The first-order valence-electron chi connectivity index (χ1n) is 12.1. The average Bonchev–Trinajstić information content (AvgIpc) is 3.65. The van der Waals surface area contributed by atoms with Gasteiger partial charge in [0.1, 0.15) is 5.82 Å². The molecule has 1 aliphatic heterocycles. The van der Waals surface area contributed by atoms with E-state index in [4.69, 9.17) is 21.4 Å². The molecule has 0 saturated heterocycles. The lowest BCUT2D eigenvalue weighted by molar-refractivity contribution is 0.0729. The highest BCUT2D eigenvalue weighted by Crippen LogP contribution is 2.49. The number of carbonyl (C=O) groups excluding carboxylic acids is 1. The molecule has 2 N–H and O–H groups in total. The summed E-state index contributed by atoms with van der Waals surface area (Å²) in [5.41, 5.74) is 10.7. The second kappa shape index (κ2) is 9.19. The number of amides is 1. The highest BCUT2D eigenvalue weighted by molar-refractivity contribution is 6.42. The fraction of sp³-hybridized carbons (Fsp3) is 0.286. The molecular formula is C28H24B2FN5O. The summed E-state index contributed by atoms with van der Waals surface area (Å²) in [4.78, 5) is 22.4. The Hall–Kier alpha value is -3.92. The lowest BCUT2D eigenvalue weighted by Gasteiger charge is -2.33. The number of rotatable bonds is 7. The first-order chi connectivity index (χ1) is 17.7. The fourth-order valence-electron chi connectivity index (χ4n) is 4.92.